The van der Waals surface area contributed by atoms with Gasteiger partial charge in [-0.1, -0.05) is 6.92 Å². The molecule has 1 aromatic rings. The van der Waals surface area contributed by atoms with Crippen molar-refractivity contribution < 1.29 is 0 Å². The number of hydrogen-bond acceptors (Lipinski definition) is 2. The van der Waals surface area contributed by atoms with Crippen LogP contribution in [0.5, 0.6) is 0 Å². The first-order chi connectivity index (χ1) is 5.29. The second-order valence-electron chi connectivity index (χ2n) is 2.51. The molecule has 0 amide bonds. The van der Waals surface area contributed by atoms with Crippen LogP contribution < -0.4 is 0 Å². The number of halogens is 1. The largest absolute Gasteiger partial charge is 0.246 e. The minimum absolute atomic E-state index is 0.395. The predicted octanol–water partition coefficient (Wildman–Crippen LogP) is 1.99. The number of hydrogen-bond donors (Lipinski definition) is 0. The summed E-state index contributed by atoms with van der Waals surface area (Å²) in [5.41, 5.74) is 0. The molecule has 1 heterocycles. The van der Waals surface area contributed by atoms with Crippen LogP contribution in [-0.2, 0) is 5.88 Å². The van der Waals surface area contributed by atoms with Crippen molar-refractivity contribution in [1.82, 2.24) is 14.8 Å². The molecule has 11 heavy (non-hydrogen) atoms. The van der Waals surface area contributed by atoms with E-state index in [9.17, 15) is 0 Å². The van der Waals surface area contributed by atoms with Gasteiger partial charge in [0.15, 0.2) is 0 Å². The molecule has 0 aromatic carbocycles. The Bertz CT molecular complexity index is 221. The summed E-state index contributed by atoms with van der Waals surface area (Å²) < 4.78 is 1.87. The molecular formula is C7H12ClN3. The van der Waals surface area contributed by atoms with Crippen molar-refractivity contribution in [2.75, 3.05) is 0 Å². The van der Waals surface area contributed by atoms with E-state index < -0.39 is 0 Å². The Balaban J connectivity index is 2.83. The van der Waals surface area contributed by atoms with Crippen LogP contribution >= 0.6 is 11.6 Å². The Kier molecular flexibility index (Phi) is 2.88. The lowest BCUT2D eigenvalue weighted by atomic mass is 10.3. The first-order valence-electron chi connectivity index (χ1n) is 3.74. The molecule has 0 radical (unpaired) electrons. The third-order valence-corrected chi connectivity index (χ3v) is 2.01. The normalized spacial score (nSPS) is 13.4. The molecule has 3 nitrogen and oxygen atoms in total. The average molecular weight is 174 g/mol. The van der Waals surface area contributed by atoms with Crippen molar-refractivity contribution >= 4 is 11.6 Å². The zero-order chi connectivity index (χ0) is 8.27. The Morgan fingerprint density at radius 3 is 3.00 bits per heavy atom. The highest BCUT2D eigenvalue weighted by Gasteiger charge is 2.07. The maximum atomic E-state index is 5.65. The SMILES string of the molecule is CCC(C)n1ncnc1CCl. The van der Waals surface area contributed by atoms with E-state index in [0.29, 0.717) is 11.9 Å². The van der Waals surface area contributed by atoms with Crippen molar-refractivity contribution in [3.63, 3.8) is 0 Å². The van der Waals surface area contributed by atoms with Crippen LogP contribution in [0.1, 0.15) is 32.1 Å². The zero-order valence-electron chi connectivity index (χ0n) is 6.79. The molecule has 62 valence electrons. The molecule has 0 saturated carbocycles. The van der Waals surface area contributed by atoms with Gasteiger partial charge in [-0.05, 0) is 13.3 Å². The summed E-state index contributed by atoms with van der Waals surface area (Å²) in [5, 5.41) is 4.08. The molecule has 0 saturated heterocycles. The monoisotopic (exact) mass is 173 g/mol. The second kappa shape index (κ2) is 3.72. The number of alkyl halides is 1. The molecule has 4 heteroatoms. The maximum Gasteiger partial charge on any atom is 0.142 e. The molecule has 0 aliphatic carbocycles. The van der Waals surface area contributed by atoms with Crippen molar-refractivity contribution in [3.8, 4) is 0 Å². The van der Waals surface area contributed by atoms with Crippen LogP contribution in [0.25, 0.3) is 0 Å². The predicted molar refractivity (Wildman–Crippen MR) is 44.6 cm³/mol. The summed E-state index contributed by atoms with van der Waals surface area (Å²) in [5.74, 6) is 1.28. The van der Waals surface area contributed by atoms with Crippen LogP contribution in [-0.4, -0.2) is 14.8 Å². The lowest BCUT2D eigenvalue weighted by Crippen LogP contribution is -2.08. The smallest absolute Gasteiger partial charge is 0.142 e. The van der Waals surface area contributed by atoms with Gasteiger partial charge in [-0.3, -0.25) is 0 Å². The van der Waals surface area contributed by atoms with E-state index in [4.69, 9.17) is 11.6 Å². The van der Waals surface area contributed by atoms with Gasteiger partial charge >= 0.3 is 0 Å². The maximum absolute atomic E-state index is 5.65. The van der Waals surface area contributed by atoms with Crippen LogP contribution in [0.4, 0.5) is 0 Å². The van der Waals surface area contributed by atoms with Crippen LogP contribution in [0.3, 0.4) is 0 Å². The Morgan fingerprint density at radius 2 is 2.45 bits per heavy atom. The standard InChI is InChI=1S/C7H12ClN3/c1-3-6(2)11-7(4-8)9-5-10-11/h5-6H,3-4H2,1-2H3. The van der Waals surface area contributed by atoms with Crippen LogP contribution in [0.2, 0.25) is 0 Å². The Hall–Kier alpha value is -0.570. The van der Waals surface area contributed by atoms with Crippen LogP contribution in [0.15, 0.2) is 6.33 Å². The molecule has 1 unspecified atom stereocenters. The Labute approximate surface area is 71.4 Å². The minimum Gasteiger partial charge on any atom is -0.246 e. The van der Waals surface area contributed by atoms with Gasteiger partial charge in [0, 0.05) is 0 Å². The van der Waals surface area contributed by atoms with Crippen molar-refractivity contribution in [3.05, 3.63) is 12.2 Å². The number of rotatable bonds is 3. The van der Waals surface area contributed by atoms with Gasteiger partial charge in [0.2, 0.25) is 0 Å². The highest BCUT2D eigenvalue weighted by molar-refractivity contribution is 6.16. The van der Waals surface area contributed by atoms with Crippen LogP contribution in [0, 0.1) is 0 Å². The lowest BCUT2D eigenvalue weighted by Gasteiger charge is -2.09. The third kappa shape index (κ3) is 1.71. The van der Waals surface area contributed by atoms with E-state index in [1.807, 2.05) is 4.68 Å². The van der Waals surface area contributed by atoms with Gasteiger partial charge in [0.1, 0.15) is 12.2 Å². The van der Waals surface area contributed by atoms with E-state index in [1.165, 1.54) is 0 Å². The quantitative estimate of drug-likeness (QED) is 0.655. The average Bonchev–Trinajstić information content (AvgIpc) is 2.50. The molecule has 0 bridgehead atoms. The van der Waals surface area contributed by atoms with Gasteiger partial charge in [-0.25, -0.2) is 9.67 Å². The fraction of sp³-hybridized carbons (Fsp3) is 0.714. The highest BCUT2D eigenvalue weighted by Crippen LogP contribution is 2.11. The van der Waals surface area contributed by atoms with Crippen molar-refractivity contribution in [2.45, 2.75) is 32.2 Å². The molecule has 0 fully saturated rings. The van der Waals surface area contributed by atoms with Gasteiger partial charge in [0.05, 0.1) is 11.9 Å². The third-order valence-electron chi connectivity index (χ3n) is 1.78. The van der Waals surface area contributed by atoms with Gasteiger partial charge < -0.3 is 0 Å². The van der Waals surface area contributed by atoms with E-state index in [-0.39, 0.29) is 0 Å². The Morgan fingerprint density at radius 1 is 1.73 bits per heavy atom. The summed E-state index contributed by atoms with van der Waals surface area (Å²) in [6, 6.07) is 0.395. The molecule has 0 N–H and O–H groups in total. The fourth-order valence-corrected chi connectivity index (χ4v) is 1.10. The van der Waals surface area contributed by atoms with E-state index >= 15 is 0 Å². The number of nitrogens with zero attached hydrogens (tertiary/aromatic N) is 3. The van der Waals surface area contributed by atoms with Crippen molar-refractivity contribution in [2.24, 2.45) is 0 Å². The lowest BCUT2D eigenvalue weighted by molar-refractivity contribution is 0.463. The zero-order valence-corrected chi connectivity index (χ0v) is 7.54. The second-order valence-corrected chi connectivity index (χ2v) is 2.78. The topological polar surface area (TPSA) is 30.7 Å². The minimum atomic E-state index is 0.395. The molecule has 1 rings (SSSR count). The van der Waals surface area contributed by atoms with E-state index in [2.05, 4.69) is 23.9 Å². The van der Waals surface area contributed by atoms with E-state index in [1.54, 1.807) is 6.33 Å². The summed E-state index contributed by atoms with van der Waals surface area (Å²) in [4.78, 5) is 4.02. The molecule has 0 aliphatic rings. The summed E-state index contributed by atoms with van der Waals surface area (Å²) in [6.07, 6.45) is 2.59. The summed E-state index contributed by atoms with van der Waals surface area (Å²) in [7, 11) is 0. The van der Waals surface area contributed by atoms with Gasteiger partial charge in [0.25, 0.3) is 0 Å². The molecule has 0 spiro atoms. The molecule has 1 aromatic heterocycles. The van der Waals surface area contributed by atoms with Crippen molar-refractivity contribution in [1.29, 1.82) is 0 Å². The molecule has 0 aliphatic heterocycles. The summed E-state index contributed by atoms with van der Waals surface area (Å²) in [6.45, 7) is 4.22. The number of aromatic nitrogens is 3. The first kappa shape index (κ1) is 8.53. The highest BCUT2D eigenvalue weighted by atomic mass is 35.5. The van der Waals surface area contributed by atoms with Gasteiger partial charge in [-0.15, -0.1) is 11.6 Å². The van der Waals surface area contributed by atoms with E-state index in [0.717, 1.165) is 12.2 Å². The molecular weight excluding hydrogens is 162 g/mol. The summed E-state index contributed by atoms with van der Waals surface area (Å²) >= 11 is 5.65. The molecule has 1 atom stereocenters. The fourth-order valence-electron chi connectivity index (χ4n) is 0.911. The van der Waals surface area contributed by atoms with Gasteiger partial charge in [-0.2, -0.15) is 5.10 Å². The first-order valence-corrected chi connectivity index (χ1v) is 4.27.